The molecule has 0 spiro atoms. The Balaban J connectivity index is 1.54. The summed E-state index contributed by atoms with van der Waals surface area (Å²) in [5.41, 5.74) is 1.78. The van der Waals surface area contributed by atoms with E-state index in [4.69, 9.17) is 16.0 Å². The molecule has 2 atom stereocenters. The van der Waals surface area contributed by atoms with Gasteiger partial charge in [-0.2, -0.15) is 0 Å². The van der Waals surface area contributed by atoms with Gasteiger partial charge in [0.1, 0.15) is 17.7 Å². The van der Waals surface area contributed by atoms with Crippen molar-refractivity contribution in [2.75, 3.05) is 0 Å². The van der Waals surface area contributed by atoms with Crippen molar-refractivity contribution in [3.8, 4) is 0 Å². The van der Waals surface area contributed by atoms with Crippen molar-refractivity contribution in [3.63, 3.8) is 0 Å². The van der Waals surface area contributed by atoms with E-state index in [9.17, 15) is 19.5 Å². The van der Waals surface area contributed by atoms with Crippen molar-refractivity contribution in [1.82, 2.24) is 15.6 Å². The van der Waals surface area contributed by atoms with E-state index in [0.29, 0.717) is 21.7 Å². The van der Waals surface area contributed by atoms with E-state index in [-0.39, 0.29) is 18.6 Å². The predicted octanol–water partition coefficient (Wildman–Crippen LogP) is 3.63. The van der Waals surface area contributed by atoms with Gasteiger partial charge in [-0.15, -0.1) is 0 Å². The minimum atomic E-state index is -1.18. The summed E-state index contributed by atoms with van der Waals surface area (Å²) >= 11 is 6.01. The first kappa shape index (κ1) is 24.0. The number of carboxylic acid groups (broad SMARTS) is 1. The molecule has 2 amide bonds. The number of halogens is 1. The molecule has 2 heterocycles. The van der Waals surface area contributed by atoms with Crippen LogP contribution in [0.1, 0.15) is 21.8 Å². The second-order valence-electron chi connectivity index (χ2n) is 7.93. The molecule has 3 N–H and O–H groups in total. The molecular weight excluding hydrogens is 470 g/mol. The normalized spacial score (nSPS) is 12.6. The van der Waals surface area contributed by atoms with E-state index >= 15 is 0 Å². The molecule has 4 rings (SSSR count). The Labute approximate surface area is 205 Å². The largest absolute Gasteiger partial charge is 0.480 e. The first-order chi connectivity index (χ1) is 16.9. The standard InChI is InChI=1S/C26H22ClN3O5/c27-18-9-10-22-17(13-18)14-23(35-22)25(32)29-20(15-19-8-4-5-11-28-19)24(31)30-21(26(33)34)12-16-6-2-1-3-7-16/h1-11,13-14,20-21H,12,15H2,(H,29,32)(H,30,31)(H,33,34)/t20-,21?/m0/s1. The Kier molecular flexibility index (Phi) is 7.42. The van der Waals surface area contributed by atoms with Gasteiger partial charge in [0, 0.05) is 35.1 Å². The number of benzene rings is 2. The quantitative estimate of drug-likeness (QED) is 0.328. The SMILES string of the molecule is O=C(N[C@@H](Cc1ccccn1)C(=O)NC(Cc1ccccc1)C(=O)O)c1cc2cc(Cl)ccc2o1. The molecule has 0 aliphatic heterocycles. The molecule has 35 heavy (non-hydrogen) atoms. The molecule has 0 saturated heterocycles. The minimum Gasteiger partial charge on any atom is -0.480 e. The number of pyridine rings is 1. The fourth-order valence-corrected chi connectivity index (χ4v) is 3.80. The lowest BCUT2D eigenvalue weighted by molar-refractivity contribution is -0.142. The van der Waals surface area contributed by atoms with Crippen LogP contribution in [0.15, 0.2) is 83.4 Å². The first-order valence-corrected chi connectivity index (χ1v) is 11.2. The van der Waals surface area contributed by atoms with Crippen molar-refractivity contribution in [2.24, 2.45) is 0 Å². The smallest absolute Gasteiger partial charge is 0.326 e. The van der Waals surface area contributed by atoms with Crippen LogP contribution in [-0.4, -0.2) is 40.0 Å². The molecule has 9 heteroatoms. The summed E-state index contributed by atoms with van der Waals surface area (Å²) in [4.78, 5) is 42.2. The van der Waals surface area contributed by atoms with E-state index < -0.39 is 29.9 Å². The number of carbonyl (C=O) groups excluding carboxylic acids is 2. The highest BCUT2D eigenvalue weighted by molar-refractivity contribution is 6.31. The molecule has 0 bridgehead atoms. The molecule has 0 saturated carbocycles. The predicted molar refractivity (Wildman–Crippen MR) is 130 cm³/mol. The lowest BCUT2D eigenvalue weighted by atomic mass is 10.0. The molecule has 0 aliphatic carbocycles. The number of rotatable bonds is 9. The fourth-order valence-electron chi connectivity index (χ4n) is 3.61. The minimum absolute atomic E-state index is 0.000146. The molecule has 0 radical (unpaired) electrons. The summed E-state index contributed by atoms with van der Waals surface area (Å²) in [6, 6.07) is 18.4. The Morgan fingerprint density at radius 1 is 0.914 bits per heavy atom. The maximum Gasteiger partial charge on any atom is 0.326 e. The maximum atomic E-state index is 13.2. The number of hydrogen-bond donors (Lipinski definition) is 3. The third kappa shape index (κ3) is 6.24. The van der Waals surface area contributed by atoms with Gasteiger partial charge >= 0.3 is 5.97 Å². The van der Waals surface area contributed by atoms with E-state index in [1.807, 2.05) is 6.07 Å². The number of carboxylic acids is 1. The Morgan fingerprint density at radius 3 is 2.40 bits per heavy atom. The maximum absolute atomic E-state index is 13.2. The molecule has 8 nitrogen and oxygen atoms in total. The third-order valence-corrected chi connectivity index (χ3v) is 5.60. The van der Waals surface area contributed by atoms with Gasteiger partial charge in [0.25, 0.3) is 5.91 Å². The topological polar surface area (TPSA) is 122 Å². The molecule has 2 aromatic carbocycles. The second kappa shape index (κ2) is 10.8. The van der Waals surface area contributed by atoms with Crippen LogP contribution < -0.4 is 10.6 Å². The van der Waals surface area contributed by atoms with E-state index in [1.165, 1.54) is 6.07 Å². The monoisotopic (exact) mass is 491 g/mol. The zero-order valence-corrected chi connectivity index (χ0v) is 19.2. The number of furan rings is 1. The number of carbonyl (C=O) groups is 3. The molecule has 1 unspecified atom stereocenters. The van der Waals surface area contributed by atoms with Gasteiger partial charge in [-0.1, -0.05) is 48.0 Å². The van der Waals surface area contributed by atoms with E-state index in [1.54, 1.807) is 66.9 Å². The summed E-state index contributed by atoms with van der Waals surface area (Å²) in [5, 5.41) is 16.0. The van der Waals surface area contributed by atoms with Gasteiger partial charge in [-0.05, 0) is 42.0 Å². The van der Waals surface area contributed by atoms with Crippen molar-refractivity contribution < 1.29 is 23.9 Å². The number of nitrogens with zero attached hydrogens (tertiary/aromatic N) is 1. The second-order valence-corrected chi connectivity index (χ2v) is 8.37. The van der Waals surface area contributed by atoms with Crippen LogP contribution in [0.5, 0.6) is 0 Å². The van der Waals surface area contributed by atoms with Crippen molar-refractivity contribution in [1.29, 1.82) is 0 Å². The third-order valence-electron chi connectivity index (χ3n) is 5.36. The van der Waals surface area contributed by atoms with Gasteiger partial charge in [-0.3, -0.25) is 14.6 Å². The number of nitrogens with one attached hydrogen (secondary N) is 2. The highest BCUT2D eigenvalue weighted by Gasteiger charge is 2.28. The summed E-state index contributed by atoms with van der Waals surface area (Å²) < 4.78 is 5.60. The summed E-state index contributed by atoms with van der Waals surface area (Å²) in [5.74, 6) is -2.45. The molecule has 178 valence electrons. The highest BCUT2D eigenvalue weighted by atomic mass is 35.5. The molecule has 0 aliphatic rings. The molecule has 0 fully saturated rings. The van der Waals surface area contributed by atoms with Crippen LogP contribution >= 0.6 is 11.6 Å². The lowest BCUT2D eigenvalue weighted by Crippen LogP contribution is -2.53. The number of fused-ring (bicyclic) bond motifs is 1. The van der Waals surface area contributed by atoms with Crippen LogP contribution in [0.3, 0.4) is 0 Å². The summed E-state index contributed by atoms with van der Waals surface area (Å²) in [6.45, 7) is 0. The van der Waals surface area contributed by atoms with Crippen LogP contribution in [0.2, 0.25) is 5.02 Å². The summed E-state index contributed by atoms with van der Waals surface area (Å²) in [6.07, 6.45) is 1.73. The number of hydrogen-bond acceptors (Lipinski definition) is 5. The van der Waals surface area contributed by atoms with Crippen LogP contribution in [0, 0.1) is 0 Å². The zero-order chi connectivity index (χ0) is 24.8. The first-order valence-electron chi connectivity index (χ1n) is 10.9. The van der Waals surface area contributed by atoms with Gasteiger partial charge in [0.05, 0.1) is 0 Å². The number of aromatic nitrogens is 1. The molecule has 2 aromatic heterocycles. The average Bonchev–Trinajstić information content (AvgIpc) is 3.28. The van der Waals surface area contributed by atoms with Crippen molar-refractivity contribution >= 4 is 40.4 Å². The van der Waals surface area contributed by atoms with Gasteiger partial charge in [-0.25, -0.2) is 4.79 Å². The number of amides is 2. The van der Waals surface area contributed by atoms with Crippen molar-refractivity contribution in [2.45, 2.75) is 24.9 Å². The van der Waals surface area contributed by atoms with E-state index in [0.717, 1.165) is 5.56 Å². The Hall–Kier alpha value is -4.17. The average molecular weight is 492 g/mol. The lowest BCUT2D eigenvalue weighted by Gasteiger charge is -2.21. The molecular formula is C26H22ClN3O5. The molecule has 4 aromatic rings. The van der Waals surface area contributed by atoms with Gasteiger partial charge in [0.2, 0.25) is 5.91 Å². The fraction of sp³-hybridized carbons (Fsp3) is 0.154. The Morgan fingerprint density at radius 2 is 1.69 bits per heavy atom. The Bertz CT molecular complexity index is 1340. The highest BCUT2D eigenvalue weighted by Crippen LogP contribution is 2.23. The zero-order valence-electron chi connectivity index (χ0n) is 18.5. The van der Waals surface area contributed by atoms with Crippen LogP contribution in [-0.2, 0) is 22.4 Å². The van der Waals surface area contributed by atoms with E-state index in [2.05, 4.69) is 15.6 Å². The van der Waals surface area contributed by atoms with Gasteiger partial charge < -0.3 is 20.2 Å². The van der Waals surface area contributed by atoms with Gasteiger partial charge in [0.15, 0.2) is 5.76 Å². The number of aliphatic carboxylic acids is 1. The van der Waals surface area contributed by atoms with Crippen molar-refractivity contribution in [3.05, 3.63) is 101 Å². The van der Waals surface area contributed by atoms with Crippen LogP contribution in [0.25, 0.3) is 11.0 Å². The summed E-state index contributed by atoms with van der Waals surface area (Å²) in [7, 11) is 0. The van der Waals surface area contributed by atoms with Crippen LogP contribution in [0.4, 0.5) is 0 Å².